The van der Waals surface area contributed by atoms with Gasteiger partial charge in [0.25, 0.3) is 5.91 Å². The number of rotatable bonds is 6. The van der Waals surface area contributed by atoms with Gasteiger partial charge in [-0.1, -0.05) is 42.5 Å². The highest BCUT2D eigenvalue weighted by molar-refractivity contribution is 5.96. The molecule has 0 aromatic heterocycles. The van der Waals surface area contributed by atoms with Crippen LogP contribution in [0.1, 0.15) is 23.7 Å². The molecule has 2 aromatic carbocycles. The number of amides is 3. The van der Waals surface area contributed by atoms with E-state index < -0.39 is 0 Å². The van der Waals surface area contributed by atoms with Crippen LogP contribution in [0, 0.1) is 5.92 Å². The molecular weight excluding hydrogens is 366 g/mol. The van der Waals surface area contributed by atoms with Gasteiger partial charge in [0.15, 0.2) is 0 Å². The van der Waals surface area contributed by atoms with Crippen LogP contribution in [0.4, 0.5) is 0 Å². The van der Waals surface area contributed by atoms with E-state index in [1.807, 2.05) is 47.4 Å². The number of hydrogen-bond donors (Lipinski definition) is 1. The second-order valence-electron chi connectivity index (χ2n) is 7.52. The Hall–Kier alpha value is -3.15. The van der Waals surface area contributed by atoms with Crippen LogP contribution in [0.5, 0.6) is 0 Å². The largest absolute Gasteiger partial charge is 0.344 e. The zero-order chi connectivity index (χ0) is 20.8. The molecule has 1 saturated heterocycles. The zero-order valence-corrected chi connectivity index (χ0v) is 16.9. The molecule has 3 rings (SSSR count). The Morgan fingerprint density at radius 3 is 2.31 bits per heavy atom. The normalized spacial score (nSPS) is 15.8. The summed E-state index contributed by atoms with van der Waals surface area (Å²) >= 11 is 0. The fourth-order valence-corrected chi connectivity index (χ4v) is 3.59. The summed E-state index contributed by atoms with van der Waals surface area (Å²) in [6.45, 7) is 3.55. The summed E-state index contributed by atoms with van der Waals surface area (Å²) in [6, 6.07) is 17.3. The smallest absolute Gasteiger partial charge is 0.251 e. The van der Waals surface area contributed by atoms with E-state index in [2.05, 4.69) is 5.32 Å². The van der Waals surface area contributed by atoms with Crippen LogP contribution in [0.15, 0.2) is 54.6 Å². The molecule has 1 atom stereocenters. The van der Waals surface area contributed by atoms with Crippen LogP contribution in [0.2, 0.25) is 0 Å². The Balaban J connectivity index is 1.47. The first-order valence-electron chi connectivity index (χ1n) is 9.87. The maximum absolute atomic E-state index is 12.4. The van der Waals surface area contributed by atoms with Crippen molar-refractivity contribution in [2.45, 2.75) is 13.3 Å². The first-order valence-corrected chi connectivity index (χ1v) is 9.87. The summed E-state index contributed by atoms with van der Waals surface area (Å²) in [5.74, 6) is -0.0448. The van der Waals surface area contributed by atoms with E-state index in [1.54, 1.807) is 31.0 Å². The van der Waals surface area contributed by atoms with E-state index >= 15 is 0 Å². The lowest BCUT2D eigenvalue weighted by Gasteiger charge is -2.21. The van der Waals surface area contributed by atoms with Gasteiger partial charge in [0, 0.05) is 39.2 Å². The van der Waals surface area contributed by atoms with Crippen molar-refractivity contribution in [2.24, 2.45) is 5.92 Å². The van der Waals surface area contributed by atoms with E-state index in [4.69, 9.17) is 0 Å². The first-order chi connectivity index (χ1) is 13.9. The molecule has 0 saturated carbocycles. The molecule has 0 radical (unpaired) electrons. The van der Waals surface area contributed by atoms with E-state index in [0.717, 1.165) is 24.1 Å². The van der Waals surface area contributed by atoms with Gasteiger partial charge in [-0.15, -0.1) is 0 Å². The standard InChI is InChI=1S/C23H27N3O3/c1-17(27)26-13-12-18(16-26)15-25(2)22(28)14-24-23(29)21-10-8-20(9-11-21)19-6-4-3-5-7-19/h3-11,18H,12-16H2,1-2H3,(H,24,29)/t18-/m1/s1. The molecule has 0 spiro atoms. The highest BCUT2D eigenvalue weighted by Crippen LogP contribution is 2.19. The summed E-state index contributed by atoms with van der Waals surface area (Å²) < 4.78 is 0. The summed E-state index contributed by atoms with van der Waals surface area (Å²) in [6.07, 6.45) is 0.900. The number of carbonyl (C=O) groups excluding carboxylic acids is 3. The highest BCUT2D eigenvalue weighted by Gasteiger charge is 2.26. The lowest BCUT2D eigenvalue weighted by molar-refractivity contribution is -0.129. The second-order valence-corrected chi connectivity index (χ2v) is 7.52. The van der Waals surface area contributed by atoms with E-state index in [-0.39, 0.29) is 30.2 Å². The quantitative estimate of drug-likeness (QED) is 0.819. The Morgan fingerprint density at radius 1 is 1.03 bits per heavy atom. The molecule has 1 heterocycles. The third kappa shape index (κ3) is 5.44. The Labute approximate surface area is 171 Å². The van der Waals surface area contributed by atoms with E-state index in [0.29, 0.717) is 18.7 Å². The molecule has 0 unspecified atom stereocenters. The number of nitrogens with one attached hydrogen (secondary N) is 1. The van der Waals surface area contributed by atoms with Crippen LogP contribution in [0.3, 0.4) is 0 Å². The van der Waals surface area contributed by atoms with Crippen molar-refractivity contribution in [1.82, 2.24) is 15.1 Å². The van der Waals surface area contributed by atoms with Crippen molar-refractivity contribution in [3.63, 3.8) is 0 Å². The fraction of sp³-hybridized carbons (Fsp3) is 0.348. The lowest BCUT2D eigenvalue weighted by atomic mass is 10.0. The molecule has 6 heteroatoms. The first kappa shape index (κ1) is 20.6. The third-order valence-electron chi connectivity index (χ3n) is 5.34. The SMILES string of the molecule is CC(=O)N1CC[C@H](CN(C)C(=O)CNC(=O)c2ccc(-c3ccccc3)cc2)C1. The summed E-state index contributed by atoms with van der Waals surface area (Å²) in [5.41, 5.74) is 2.65. The second kappa shape index (κ2) is 9.37. The molecule has 1 aliphatic rings. The Kier molecular flexibility index (Phi) is 6.65. The van der Waals surface area contributed by atoms with E-state index in [1.165, 1.54) is 0 Å². The van der Waals surface area contributed by atoms with Gasteiger partial charge < -0.3 is 15.1 Å². The number of carbonyl (C=O) groups is 3. The number of hydrogen-bond acceptors (Lipinski definition) is 3. The highest BCUT2D eigenvalue weighted by atomic mass is 16.2. The Morgan fingerprint density at radius 2 is 1.69 bits per heavy atom. The molecule has 29 heavy (non-hydrogen) atoms. The maximum atomic E-state index is 12.4. The van der Waals surface area contributed by atoms with Crippen molar-refractivity contribution >= 4 is 17.7 Å². The maximum Gasteiger partial charge on any atom is 0.251 e. The van der Waals surface area contributed by atoms with Crippen LogP contribution in [0.25, 0.3) is 11.1 Å². The van der Waals surface area contributed by atoms with Crippen LogP contribution >= 0.6 is 0 Å². The minimum atomic E-state index is -0.269. The molecule has 0 bridgehead atoms. The molecule has 0 aliphatic carbocycles. The third-order valence-corrected chi connectivity index (χ3v) is 5.34. The minimum absolute atomic E-state index is 0.0427. The van der Waals surface area contributed by atoms with Crippen molar-refractivity contribution in [3.8, 4) is 11.1 Å². The van der Waals surface area contributed by atoms with Gasteiger partial charge in [-0.3, -0.25) is 14.4 Å². The molecule has 1 aliphatic heterocycles. The fourth-order valence-electron chi connectivity index (χ4n) is 3.59. The van der Waals surface area contributed by atoms with E-state index in [9.17, 15) is 14.4 Å². The molecule has 1 N–H and O–H groups in total. The summed E-state index contributed by atoms with van der Waals surface area (Å²) in [5, 5.41) is 2.70. The number of likely N-dealkylation sites (tertiary alicyclic amines) is 1. The van der Waals surface area contributed by atoms with Crippen molar-refractivity contribution < 1.29 is 14.4 Å². The van der Waals surface area contributed by atoms with Crippen LogP contribution in [-0.4, -0.2) is 60.7 Å². The van der Waals surface area contributed by atoms with Gasteiger partial charge >= 0.3 is 0 Å². The van der Waals surface area contributed by atoms with Gasteiger partial charge in [-0.2, -0.15) is 0 Å². The van der Waals surface area contributed by atoms with Gasteiger partial charge in [0.05, 0.1) is 6.54 Å². The molecule has 6 nitrogen and oxygen atoms in total. The lowest BCUT2D eigenvalue weighted by Crippen LogP contribution is -2.40. The molecule has 3 amide bonds. The predicted octanol–water partition coefficient (Wildman–Crippen LogP) is 2.41. The van der Waals surface area contributed by atoms with Gasteiger partial charge in [-0.25, -0.2) is 0 Å². The molecule has 2 aromatic rings. The van der Waals surface area contributed by atoms with Crippen molar-refractivity contribution in [1.29, 1.82) is 0 Å². The topological polar surface area (TPSA) is 69.7 Å². The minimum Gasteiger partial charge on any atom is -0.344 e. The molecule has 152 valence electrons. The zero-order valence-electron chi connectivity index (χ0n) is 16.9. The number of likely N-dealkylation sites (N-methyl/N-ethyl adjacent to an activating group) is 1. The van der Waals surface area contributed by atoms with Gasteiger partial charge in [0.2, 0.25) is 11.8 Å². The van der Waals surface area contributed by atoms with Crippen LogP contribution in [-0.2, 0) is 9.59 Å². The van der Waals surface area contributed by atoms with Crippen molar-refractivity contribution in [2.75, 3.05) is 33.2 Å². The van der Waals surface area contributed by atoms with Crippen LogP contribution < -0.4 is 5.32 Å². The van der Waals surface area contributed by atoms with Crippen molar-refractivity contribution in [3.05, 3.63) is 60.2 Å². The van der Waals surface area contributed by atoms with Gasteiger partial charge in [-0.05, 0) is 35.6 Å². The summed E-state index contributed by atoms with van der Waals surface area (Å²) in [7, 11) is 1.74. The average molecular weight is 393 g/mol. The predicted molar refractivity (Wildman–Crippen MR) is 112 cm³/mol. The number of nitrogens with zero attached hydrogens (tertiary/aromatic N) is 2. The Bertz CT molecular complexity index is 865. The monoisotopic (exact) mass is 393 g/mol. The molecule has 1 fully saturated rings. The number of benzene rings is 2. The average Bonchev–Trinajstić information content (AvgIpc) is 3.21. The summed E-state index contributed by atoms with van der Waals surface area (Å²) in [4.78, 5) is 39.6. The van der Waals surface area contributed by atoms with Gasteiger partial charge in [0.1, 0.15) is 0 Å². The molecular formula is C23H27N3O3.